The second-order valence-electron chi connectivity index (χ2n) is 3.61. The first-order valence-electron chi connectivity index (χ1n) is 5.13. The number of likely N-dealkylation sites (N-methyl/N-ethyl adjacent to an activating group) is 1. The largest absolute Gasteiger partial charge is 0.319 e. The monoisotopic (exact) mass is 203 g/mol. The molecular weight excluding hydrogens is 189 g/mol. The van der Waals surface area contributed by atoms with Crippen LogP contribution in [0.3, 0.4) is 0 Å². The van der Waals surface area contributed by atoms with Crippen molar-refractivity contribution in [1.82, 2.24) is 5.32 Å². The van der Waals surface area contributed by atoms with E-state index in [1.165, 1.54) is 11.6 Å². The van der Waals surface area contributed by atoms with Crippen LogP contribution in [0.15, 0.2) is 36.4 Å². The van der Waals surface area contributed by atoms with Crippen molar-refractivity contribution in [2.24, 2.45) is 0 Å². The summed E-state index contributed by atoms with van der Waals surface area (Å²) in [6, 6.07) is 11.0. The van der Waals surface area contributed by atoms with Gasteiger partial charge in [0.1, 0.15) is 5.82 Å². The second-order valence-corrected chi connectivity index (χ2v) is 3.61. The van der Waals surface area contributed by atoms with Gasteiger partial charge in [0.15, 0.2) is 0 Å². The number of benzene rings is 2. The van der Waals surface area contributed by atoms with Crippen LogP contribution in [-0.2, 0) is 6.42 Å². The van der Waals surface area contributed by atoms with Crippen molar-refractivity contribution < 1.29 is 4.39 Å². The lowest BCUT2D eigenvalue weighted by atomic mass is 10.0. The first-order chi connectivity index (χ1) is 7.33. The van der Waals surface area contributed by atoms with Crippen molar-refractivity contribution in [2.45, 2.75) is 6.42 Å². The Bertz CT molecular complexity index is 465. The van der Waals surface area contributed by atoms with E-state index >= 15 is 0 Å². The molecule has 0 saturated heterocycles. The maximum absolute atomic E-state index is 13.5. The van der Waals surface area contributed by atoms with Gasteiger partial charge >= 0.3 is 0 Å². The zero-order valence-electron chi connectivity index (χ0n) is 8.76. The summed E-state index contributed by atoms with van der Waals surface area (Å²) in [5.41, 5.74) is 1.20. The van der Waals surface area contributed by atoms with Gasteiger partial charge in [-0.05, 0) is 37.0 Å². The topological polar surface area (TPSA) is 12.0 Å². The molecule has 2 aromatic carbocycles. The Morgan fingerprint density at radius 3 is 2.60 bits per heavy atom. The van der Waals surface area contributed by atoms with Gasteiger partial charge in [-0.1, -0.05) is 30.3 Å². The lowest BCUT2D eigenvalue weighted by Gasteiger charge is -2.06. The summed E-state index contributed by atoms with van der Waals surface area (Å²) in [4.78, 5) is 0. The van der Waals surface area contributed by atoms with Crippen LogP contribution in [0.2, 0.25) is 0 Å². The first kappa shape index (κ1) is 10.1. The Morgan fingerprint density at radius 2 is 1.80 bits per heavy atom. The number of halogens is 1. The standard InChI is InChI=1S/C13H14FN/c1-15-9-8-10-4-2-6-12-11(10)5-3-7-13(12)14/h2-7,15H,8-9H2,1H3. The predicted octanol–water partition coefficient (Wildman–Crippen LogP) is 2.74. The predicted molar refractivity (Wildman–Crippen MR) is 61.5 cm³/mol. The summed E-state index contributed by atoms with van der Waals surface area (Å²) in [5, 5.41) is 4.84. The SMILES string of the molecule is CNCCc1cccc2c(F)cccc12. The summed E-state index contributed by atoms with van der Waals surface area (Å²) in [6.07, 6.45) is 0.928. The third kappa shape index (κ3) is 2.00. The molecule has 78 valence electrons. The Hall–Kier alpha value is -1.41. The highest BCUT2D eigenvalue weighted by molar-refractivity contribution is 5.86. The van der Waals surface area contributed by atoms with E-state index in [4.69, 9.17) is 0 Å². The van der Waals surface area contributed by atoms with Gasteiger partial charge in [0.25, 0.3) is 0 Å². The maximum atomic E-state index is 13.5. The van der Waals surface area contributed by atoms with Gasteiger partial charge in [-0.3, -0.25) is 0 Å². The Balaban J connectivity index is 2.51. The molecule has 1 nitrogen and oxygen atoms in total. The fourth-order valence-corrected chi connectivity index (χ4v) is 1.81. The van der Waals surface area contributed by atoms with E-state index in [2.05, 4.69) is 11.4 Å². The summed E-state index contributed by atoms with van der Waals surface area (Å²) in [5.74, 6) is -0.140. The van der Waals surface area contributed by atoms with Crippen LogP contribution in [0.1, 0.15) is 5.56 Å². The van der Waals surface area contributed by atoms with Crippen LogP contribution in [0.4, 0.5) is 4.39 Å². The molecule has 0 spiro atoms. The number of hydrogen-bond acceptors (Lipinski definition) is 1. The highest BCUT2D eigenvalue weighted by Crippen LogP contribution is 2.21. The smallest absolute Gasteiger partial charge is 0.131 e. The molecule has 1 N–H and O–H groups in total. The Labute approximate surface area is 88.9 Å². The van der Waals surface area contributed by atoms with Crippen LogP contribution >= 0.6 is 0 Å². The van der Waals surface area contributed by atoms with E-state index in [9.17, 15) is 4.39 Å². The molecule has 0 saturated carbocycles. The minimum Gasteiger partial charge on any atom is -0.319 e. The molecule has 0 radical (unpaired) electrons. The van der Waals surface area contributed by atoms with Crippen molar-refractivity contribution in [3.63, 3.8) is 0 Å². The van der Waals surface area contributed by atoms with Gasteiger partial charge in [-0.2, -0.15) is 0 Å². The molecule has 0 unspecified atom stereocenters. The van der Waals surface area contributed by atoms with Gasteiger partial charge in [-0.25, -0.2) is 4.39 Å². The zero-order valence-corrected chi connectivity index (χ0v) is 8.76. The number of fused-ring (bicyclic) bond motifs is 1. The van der Waals surface area contributed by atoms with E-state index < -0.39 is 0 Å². The summed E-state index contributed by atoms with van der Waals surface area (Å²) >= 11 is 0. The molecule has 0 heterocycles. The van der Waals surface area contributed by atoms with Crippen LogP contribution in [-0.4, -0.2) is 13.6 Å². The van der Waals surface area contributed by atoms with Crippen molar-refractivity contribution in [1.29, 1.82) is 0 Å². The van der Waals surface area contributed by atoms with Crippen LogP contribution in [0.25, 0.3) is 10.8 Å². The zero-order chi connectivity index (χ0) is 10.7. The number of rotatable bonds is 3. The molecule has 2 aromatic rings. The van der Waals surface area contributed by atoms with Crippen molar-refractivity contribution in [3.8, 4) is 0 Å². The average Bonchev–Trinajstić information content (AvgIpc) is 2.27. The second kappa shape index (κ2) is 4.41. The molecule has 2 rings (SSSR count). The van der Waals surface area contributed by atoms with Crippen LogP contribution in [0, 0.1) is 5.82 Å². The quantitative estimate of drug-likeness (QED) is 0.808. The van der Waals surface area contributed by atoms with E-state index in [1.54, 1.807) is 6.07 Å². The molecule has 15 heavy (non-hydrogen) atoms. The van der Waals surface area contributed by atoms with E-state index in [-0.39, 0.29) is 5.82 Å². The Morgan fingerprint density at radius 1 is 1.07 bits per heavy atom. The van der Waals surface area contributed by atoms with Gasteiger partial charge in [0, 0.05) is 5.39 Å². The van der Waals surface area contributed by atoms with Crippen LogP contribution < -0.4 is 5.32 Å². The first-order valence-corrected chi connectivity index (χ1v) is 5.13. The van der Waals surface area contributed by atoms with Gasteiger partial charge in [0.2, 0.25) is 0 Å². The Kier molecular flexibility index (Phi) is 2.97. The van der Waals surface area contributed by atoms with Crippen molar-refractivity contribution >= 4 is 10.8 Å². The lowest BCUT2D eigenvalue weighted by Crippen LogP contribution is -2.10. The summed E-state index contributed by atoms with van der Waals surface area (Å²) < 4.78 is 13.5. The fraction of sp³-hybridized carbons (Fsp3) is 0.231. The van der Waals surface area contributed by atoms with E-state index in [0.717, 1.165) is 18.4 Å². The maximum Gasteiger partial charge on any atom is 0.131 e. The molecule has 2 heteroatoms. The third-order valence-electron chi connectivity index (χ3n) is 2.60. The highest BCUT2D eigenvalue weighted by Gasteiger charge is 2.03. The number of nitrogens with one attached hydrogen (secondary N) is 1. The molecule has 0 aromatic heterocycles. The van der Waals surface area contributed by atoms with Crippen molar-refractivity contribution in [2.75, 3.05) is 13.6 Å². The highest BCUT2D eigenvalue weighted by atomic mass is 19.1. The van der Waals surface area contributed by atoms with E-state index in [1.807, 2.05) is 25.2 Å². The molecular formula is C13H14FN. The number of hydrogen-bond donors (Lipinski definition) is 1. The minimum atomic E-state index is -0.140. The molecule has 0 bridgehead atoms. The molecule has 0 fully saturated rings. The molecule has 0 aliphatic carbocycles. The van der Waals surface area contributed by atoms with Gasteiger partial charge in [0.05, 0.1) is 0 Å². The molecule has 0 amide bonds. The lowest BCUT2D eigenvalue weighted by molar-refractivity contribution is 0.639. The fourth-order valence-electron chi connectivity index (χ4n) is 1.81. The summed E-state index contributed by atoms with van der Waals surface area (Å²) in [6.45, 7) is 0.912. The molecule has 0 aliphatic heterocycles. The minimum absolute atomic E-state index is 0.140. The third-order valence-corrected chi connectivity index (χ3v) is 2.60. The normalized spacial score (nSPS) is 10.8. The molecule has 0 atom stereocenters. The average molecular weight is 203 g/mol. The van der Waals surface area contributed by atoms with Crippen LogP contribution in [0.5, 0.6) is 0 Å². The molecule has 0 aliphatic rings. The van der Waals surface area contributed by atoms with Crippen molar-refractivity contribution in [3.05, 3.63) is 47.8 Å². The van der Waals surface area contributed by atoms with E-state index in [0.29, 0.717) is 5.39 Å². The van der Waals surface area contributed by atoms with Gasteiger partial charge < -0.3 is 5.32 Å². The summed E-state index contributed by atoms with van der Waals surface area (Å²) in [7, 11) is 1.92. The van der Waals surface area contributed by atoms with Gasteiger partial charge in [-0.15, -0.1) is 0 Å².